The van der Waals surface area contributed by atoms with E-state index in [1.165, 1.54) is 25.9 Å². The maximum absolute atomic E-state index is 6.09. The van der Waals surface area contributed by atoms with Crippen LogP contribution in [-0.4, -0.2) is 58.4 Å². The molecule has 0 radical (unpaired) electrons. The molecule has 2 N–H and O–H groups in total. The third-order valence-corrected chi connectivity index (χ3v) is 5.64. The van der Waals surface area contributed by atoms with E-state index < -0.39 is 0 Å². The lowest BCUT2D eigenvalue weighted by Crippen LogP contribution is -2.21. The molecule has 0 amide bonds. The number of fused-ring (bicyclic) bond motifs is 3. The number of benzene rings is 1. The van der Waals surface area contributed by atoms with Gasteiger partial charge in [0, 0.05) is 41.3 Å². The van der Waals surface area contributed by atoms with Gasteiger partial charge in [0.05, 0.1) is 36.6 Å². The number of likely N-dealkylation sites (tertiary alicyclic amines) is 1. The van der Waals surface area contributed by atoms with E-state index in [0.717, 1.165) is 57.5 Å². The topological polar surface area (TPSA) is 79.1 Å². The minimum atomic E-state index is 0.681. The standard InChI is InChI=1S/C22H25N5O2/c1-28-19-11-16-18(12-20(19)29-10-4-9-27-7-2-3-8-27)26-17-5-6-23-22(21(16)17)15-13-24-25-14-15/h5-6,11-14,26H,2-4,7-10H2,1H3,(H,24,25). The van der Waals surface area contributed by atoms with E-state index in [0.29, 0.717) is 6.61 Å². The fraction of sp³-hybridized carbons (Fsp3) is 0.364. The van der Waals surface area contributed by atoms with Crippen molar-refractivity contribution in [1.82, 2.24) is 25.1 Å². The van der Waals surface area contributed by atoms with Crippen LogP contribution in [0.25, 0.3) is 33.1 Å². The molecule has 1 fully saturated rings. The first-order valence-electron chi connectivity index (χ1n) is 10.2. The summed E-state index contributed by atoms with van der Waals surface area (Å²) in [5.41, 5.74) is 3.88. The molecular weight excluding hydrogens is 366 g/mol. The second-order valence-corrected chi connectivity index (χ2v) is 7.49. The van der Waals surface area contributed by atoms with E-state index in [2.05, 4.69) is 25.1 Å². The van der Waals surface area contributed by atoms with Crippen LogP contribution in [0.2, 0.25) is 0 Å². The van der Waals surface area contributed by atoms with Gasteiger partial charge in [0.15, 0.2) is 11.5 Å². The van der Waals surface area contributed by atoms with Crippen molar-refractivity contribution in [2.45, 2.75) is 19.3 Å². The molecule has 1 aliphatic heterocycles. The Kier molecular flexibility index (Phi) is 4.81. The van der Waals surface area contributed by atoms with Crippen LogP contribution in [0.4, 0.5) is 0 Å². The van der Waals surface area contributed by atoms with Crippen molar-refractivity contribution in [1.29, 1.82) is 0 Å². The predicted octanol–water partition coefficient (Wildman–Crippen LogP) is 3.98. The van der Waals surface area contributed by atoms with Crippen molar-refractivity contribution >= 4 is 21.8 Å². The maximum atomic E-state index is 6.09. The molecule has 0 aliphatic carbocycles. The largest absolute Gasteiger partial charge is 0.493 e. The molecule has 1 saturated heterocycles. The summed E-state index contributed by atoms with van der Waals surface area (Å²) in [6.45, 7) is 4.21. The van der Waals surface area contributed by atoms with Gasteiger partial charge in [0.25, 0.3) is 0 Å². The lowest BCUT2D eigenvalue weighted by molar-refractivity contribution is 0.254. The van der Waals surface area contributed by atoms with Crippen molar-refractivity contribution in [3.05, 3.63) is 36.8 Å². The highest BCUT2D eigenvalue weighted by atomic mass is 16.5. The lowest BCUT2D eigenvalue weighted by atomic mass is 10.1. The molecule has 4 heterocycles. The number of ether oxygens (including phenoxy) is 2. The maximum Gasteiger partial charge on any atom is 0.163 e. The highest BCUT2D eigenvalue weighted by molar-refractivity contribution is 6.13. The molecule has 1 aromatic carbocycles. The fourth-order valence-electron chi connectivity index (χ4n) is 4.20. The third-order valence-electron chi connectivity index (χ3n) is 5.64. The van der Waals surface area contributed by atoms with Gasteiger partial charge in [-0.2, -0.15) is 5.10 Å². The Hall–Kier alpha value is -3.06. The number of rotatable bonds is 7. The number of H-pyrrole nitrogens is 2. The van der Waals surface area contributed by atoms with Crippen molar-refractivity contribution < 1.29 is 9.47 Å². The molecule has 150 valence electrons. The Morgan fingerprint density at radius 1 is 1.14 bits per heavy atom. The van der Waals surface area contributed by atoms with Crippen molar-refractivity contribution in [2.24, 2.45) is 0 Å². The number of nitrogens with one attached hydrogen (secondary N) is 2. The van der Waals surface area contributed by atoms with Gasteiger partial charge in [-0.1, -0.05) is 0 Å². The zero-order valence-electron chi connectivity index (χ0n) is 16.6. The summed E-state index contributed by atoms with van der Waals surface area (Å²) in [4.78, 5) is 10.6. The molecule has 7 nitrogen and oxygen atoms in total. The Balaban J connectivity index is 1.45. The van der Waals surface area contributed by atoms with Crippen molar-refractivity contribution in [3.63, 3.8) is 0 Å². The molecule has 4 aromatic rings. The summed E-state index contributed by atoms with van der Waals surface area (Å²) >= 11 is 0. The molecule has 0 spiro atoms. The second kappa shape index (κ2) is 7.75. The second-order valence-electron chi connectivity index (χ2n) is 7.49. The minimum Gasteiger partial charge on any atom is -0.493 e. The first-order valence-corrected chi connectivity index (χ1v) is 10.2. The van der Waals surface area contributed by atoms with E-state index >= 15 is 0 Å². The van der Waals surface area contributed by atoms with E-state index in [4.69, 9.17) is 9.47 Å². The summed E-state index contributed by atoms with van der Waals surface area (Å²) in [5, 5.41) is 9.05. The van der Waals surface area contributed by atoms with Crippen LogP contribution >= 0.6 is 0 Å². The minimum absolute atomic E-state index is 0.681. The molecule has 5 rings (SSSR count). The van der Waals surface area contributed by atoms with Gasteiger partial charge in [-0.25, -0.2) is 0 Å². The summed E-state index contributed by atoms with van der Waals surface area (Å²) in [6, 6.07) is 6.06. The number of hydrogen-bond acceptors (Lipinski definition) is 5. The number of hydrogen-bond donors (Lipinski definition) is 2. The van der Waals surface area contributed by atoms with Crippen LogP contribution in [0.5, 0.6) is 11.5 Å². The molecule has 0 unspecified atom stereocenters. The Morgan fingerprint density at radius 2 is 2.03 bits per heavy atom. The number of aromatic nitrogens is 4. The van der Waals surface area contributed by atoms with Gasteiger partial charge < -0.3 is 19.4 Å². The van der Waals surface area contributed by atoms with Crippen LogP contribution in [0.3, 0.4) is 0 Å². The zero-order valence-corrected chi connectivity index (χ0v) is 16.6. The SMILES string of the molecule is COc1cc2c(cc1OCCCN1CCCC1)[nH]c1ccnc(-c3cn[nH]c3)c12. The molecular formula is C22H25N5O2. The van der Waals surface area contributed by atoms with Gasteiger partial charge in [-0.3, -0.25) is 10.1 Å². The van der Waals surface area contributed by atoms with Crippen molar-refractivity contribution in [3.8, 4) is 22.8 Å². The number of pyridine rings is 1. The summed E-state index contributed by atoms with van der Waals surface area (Å²) < 4.78 is 11.7. The zero-order chi connectivity index (χ0) is 19.6. The first kappa shape index (κ1) is 18.0. The summed E-state index contributed by atoms with van der Waals surface area (Å²) in [6.07, 6.45) is 9.11. The molecule has 0 saturated carbocycles. The van der Waals surface area contributed by atoms with Crippen LogP contribution in [0.15, 0.2) is 36.8 Å². The third kappa shape index (κ3) is 3.42. The van der Waals surface area contributed by atoms with Crippen LogP contribution in [0.1, 0.15) is 19.3 Å². The highest BCUT2D eigenvalue weighted by Gasteiger charge is 2.16. The lowest BCUT2D eigenvalue weighted by Gasteiger charge is -2.15. The Labute approximate surface area is 169 Å². The van der Waals surface area contributed by atoms with Crippen molar-refractivity contribution in [2.75, 3.05) is 33.4 Å². The van der Waals surface area contributed by atoms with Gasteiger partial charge >= 0.3 is 0 Å². The molecule has 29 heavy (non-hydrogen) atoms. The number of methoxy groups -OCH3 is 1. The number of nitrogens with zero attached hydrogens (tertiary/aromatic N) is 3. The molecule has 1 aliphatic rings. The van der Waals surface area contributed by atoms with Gasteiger partial charge in [0.1, 0.15) is 0 Å². The van der Waals surface area contributed by atoms with Gasteiger partial charge in [-0.15, -0.1) is 0 Å². The van der Waals surface area contributed by atoms with E-state index in [-0.39, 0.29) is 0 Å². The molecule has 7 heteroatoms. The van der Waals surface area contributed by atoms with Crippen LogP contribution in [-0.2, 0) is 0 Å². The highest BCUT2D eigenvalue weighted by Crippen LogP contribution is 2.38. The summed E-state index contributed by atoms with van der Waals surface area (Å²) in [7, 11) is 1.68. The smallest absolute Gasteiger partial charge is 0.163 e. The van der Waals surface area contributed by atoms with Gasteiger partial charge in [0.2, 0.25) is 0 Å². The first-order chi connectivity index (χ1) is 14.3. The average Bonchev–Trinajstić information content (AvgIpc) is 3.51. The normalized spacial score (nSPS) is 14.8. The van der Waals surface area contributed by atoms with E-state index in [1.54, 1.807) is 13.3 Å². The van der Waals surface area contributed by atoms with E-state index in [1.807, 2.05) is 30.6 Å². The predicted molar refractivity (Wildman–Crippen MR) is 114 cm³/mol. The monoisotopic (exact) mass is 391 g/mol. The quantitative estimate of drug-likeness (QED) is 0.466. The summed E-state index contributed by atoms with van der Waals surface area (Å²) in [5.74, 6) is 1.51. The number of aromatic amines is 2. The Morgan fingerprint density at radius 3 is 2.83 bits per heavy atom. The fourth-order valence-corrected chi connectivity index (χ4v) is 4.20. The van der Waals surface area contributed by atoms with Crippen LogP contribution < -0.4 is 9.47 Å². The Bertz CT molecular complexity index is 1110. The van der Waals surface area contributed by atoms with E-state index in [9.17, 15) is 0 Å². The average molecular weight is 391 g/mol. The molecule has 0 bridgehead atoms. The van der Waals surface area contributed by atoms with Gasteiger partial charge in [-0.05, 0) is 44.5 Å². The molecule has 3 aromatic heterocycles. The van der Waals surface area contributed by atoms with Crippen LogP contribution in [0, 0.1) is 0 Å². The molecule has 0 atom stereocenters.